The molecule has 0 aliphatic rings. The molecule has 3 rings (SSSR count). The quantitative estimate of drug-likeness (QED) is 0.382. The number of halogens is 1. The minimum absolute atomic E-state index is 0.129. The van der Waals surface area contributed by atoms with E-state index in [-0.39, 0.29) is 11.7 Å². The van der Waals surface area contributed by atoms with Crippen molar-refractivity contribution in [2.24, 2.45) is 0 Å². The summed E-state index contributed by atoms with van der Waals surface area (Å²) in [5, 5.41) is 12.8. The number of hydrogen-bond donors (Lipinski definition) is 1. The molecule has 3 aromatic rings. The molecule has 1 amide bonds. The Balaban J connectivity index is 1.67. The molecule has 0 radical (unpaired) electrons. The number of rotatable bonds is 9. The highest BCUT2D eigenvalue weighted by molar-refractivity contribution is 7.99. The number of benzene rings is 2. The molecular formula is C22H23ClN4O2S. The van der Waals surface area contributed by atoms with Gasteiger partial charge >= 0.3 is 0 Å². The van der Waals surface area contributed by atoms with Crippen LogP contribution in [0.1, 0.15) is 17.0 Å². The number of anilines is 1. The normalized spacial score (nSPS) is 10.6. The second kappa shape index (κ2) is 10.3. The molecule has 0 saturated heterocycles. The number of ether oxygens (including phenoxy) is 1. The van der Waals surface area contributed by atoms with Gasteiger partial charge in [-0.15, -0.1) is 16.8 Å². The van der Waals surface area contributed by atoms with Crippen molar-refractivity contribution >= 4 is 35.0 Å². The number of amides is 1. The molecule has 0 atom stereocenters. The number of carbonyl (C=O) groups excluding carboxylic acids is 1. The molecule has 8 heteroatoms. The van der Waals surface area contributed by atoms with Gasteiger partial charge in [-0.25, -0.2) is 0 Å². The van der Waals surface area contributed by atoms with E-state index in [4.69, 9.17) is 16.3 Å². The van der Waals surface area contributed by atoms with E-state index in [1.807, 2.05) is 47.9 Å². The third-order valence-electron chi connectivity index (χ3n) is 4.50. The van der Waals surface area contributed by atoms with Gasteiger partial charge in [0.05, 0.1) is 12.9 Å². The molecule has 0 bridgehead atoms. The van der Waals surface area contributed by atoms with Gasteiger partial charge in [0.2, 0.25) is 5.91 Å². The number of hydrogen-bond acceptors (Lipinski definition) is 5. The van der Waals surface area contributed by atoms with E-state index in [0.29, 0.717) is 28.8 Å². The maximum atomic E-state index is 12.4. The third kappa shape index (κ3) is 5.43. The maximum absolute atomic E-state index is 12.4. The van der Waals surface area contributed by atoms with E-state index in [9.17, 15) is 4.79 Å². The van der Waals surface area contributed by atoms with Crippen LogP contribution in [0.25, 0.3) is 0 Å². The van der Waals surface area contributed by atoms with Crippen molar-refractivity contribution in [3.05, 3.63) is 77.1 Å². The molecule has 1 heterocycles. The highest BCUT2D eigenvalue weighted by Crippen LogP contribution is 2.24. The number of methoxy groups -OCH3 is 1. The summed E-state index contributed by atoms with van der Waals surface area (Å²) < 4.78 is 7.17. The van der Waals surface area contributed by atoms with Crippen LogP contribution >= 0.6 is 23.4 Å². The summed E-state index contributed by atoms with van der Waals surface area (Å²) in [6.45, 7) is 6.26. The van der Waals surface area contributed by atoms with E-state index in [1.165, 1.54) is 11.8 Å². The molecule has 156 valence electrons. The van der Waals surface area contributed by atoms with Crippen LogP contribution in [0.4, 0.5) is 5.69 Å². The molecular weight excluding hydrogens is 420 g/mol. The van der Waals surface area contributed by atoms with Crippen LogP contribution in [0.3, 0.4) is 0 Å². The Hall–Kier alpha value is -2.77. The molecule has 0 spiro atoms. The summed E-state index contributed by atoms with van der Waals surface area (Å²) in [6.07, 6.45) is 2.42. The number of aromatic nitrogens is 3. The monoisotopic (exact) mass is 442 g/mol. The lowest BCUT2D eigenvalue weighted by Crippen LogP contribution is -2.15. The zero-order valence-corrected chi connectivity index (χ0v) is 18.5. The number of nitrogens with zero attached hydrogens (tertiary/aromatic N) is 3. The Kier molecular flexibility index (Phi) is 7.54. The van der Waals surface area contributed by atoms with E-state index in [2.05, 4.69) is 22.1 Å². The van der Waals surface area contributed by atoms with Crippen molar-refractivity contribution in [3.63, 3.8) is 0 Å². The Bertz CT molecular complexity index is 1030. The predicted molar refractivity (Wildman–Crippen MR) is 122 cm³/mol. The van der Waals surface area contributed by atoms with Crippen LogP contribution in [0, 0.1) is 6.92 Å². The van der Waals surface area contributed by atoms with Gasteiger partial charge in [0, 0.05) is 23.7 Å². The molecule has 0 aliphatic carbocycles. The lowest BCUT2D eigenvalue weighted by atomic mass is 10.1. The molecule has 30 heavy (non-hydrogen) atoms. The standard InChI is InChI=1S/C22H23ClN4O2S/c1-4-12-27-20(13-16-8-10-17(29-3)11-9-16)25-26-22(27)30-14-21(28)24-19-7-5-6-18(23)15(19)2/h4-11H,1,12-14H2,2-3H3,(H,24,28). The number of nitrogens with one attached hydrogen (secondary N) is 1. The first-order chi connectivity index (χ1) is 14.5. The third-order valence-corrected chi connectivity index (χ3v) is 5.88. The molecule has 0 fully saturated rings. The largest absolute Gasteiger partial charge is 0.497 e. The summed E-state index contributed by atoms with van der Waals surface area (Å²) >= 11 is 7.46. The van der Waals surface area contributed by atoms with E-state index >= 15 is 0 Å². The van der Waals surface area contributed by atoms with Crippen LogP contribution in [0.5, 0.6) is 5.75 Å². The van der Waals surface area contributed by atoms with Crippen molar-refractivity contribution in [1.82, 2.24) is 14.8 Å². The fraction of sp³-hybridized carbons (Fsp3) is 0.227. The predicted octanol–water partition coefficient (Wildman–Crippen LogP) is 4.76. The van der Waals surface area contributed by atoms with E-state index < -0.39 is 0 Å². The zero-order chi connectivity index (χ0) is 21.5. The Labute approximate surface area is 185 Å². The summed E-state index contributed by atoms with van der Waals surface area (Å²) in [4.78, 5) is 12.4. The van der Waals surface area contributed by atoms with E-state index in [0.717, 1.165) is 22.7 Å². The van der Waals surface area contributed by atoms with Crippen LogP contribution in [-0.4, -0.2) is 33.5 Å². The summed E-state index contributed by atoms with van der Waals surface area (Å²) in [5.41, 5.74) is 2.65. The SMILES string of the molecule is C=CCn1c(Cc2ccc(OC)cc2)nnc1SCC(=O)Nc1cccc(Cl)c1C. The van der Waals surface area contributed by atoms with Crippen molar-refractivity contribution in [3.8, 4) is 5.75 Å². The molecule has 0 aliphatic heterocycles. The fourth-order valence-electron chi connectivity index (χ4n) is 2.85. The first-order valence-electron chi connectivity index (χ1n) is 9.35. The average Bonchev–Trinajstić information content (AvgIpc) is 3.12. The van der Waals surface area contributed by atoms with Crippen LogP contribution in [-0.2, 0) is 17.8 Å². The number of allylic oxidation sites excluding steroid dienone is 1. The van der Waals surface area contributed by atoms with Crippen LogP contribution in [0.15, 0.2) is 60.3 Å². The van der Waals surface area contributed by atoms with Crippen molar-refractivity contribution < 1.29 is 9.53 Å². The number of thioether (sulfide) groups is 1. The van der Waals surface area contributed by atoms with Gasteiger partial charge in [-0.3, -0.25) is 4.79 Å². The van der Waals surface area contributed by atoms with Crippen molar-refractivity contribution in [2.75, 3.05) is 18.2 Å². The topological polar surface area (TPSA) is 69.0 Å². The minimum atomic E-state index is -0.129. The highest BCUT2D eigenvalue weighted by Gasteiger charge is 2.15. The Morgan fingerprint density at radius 2 is 2.03 bits per heavy atom. The fourth-order valence-corrected chi connectivity index (χ4v) is 3.80. The van der Waals surface area contributed by atoms with Gasteiger partial charge in [0.1, 0.15) is 11.6 Å². The minimum Gasteiger partial charge on any atom is -0.497 e. The Morgan fingerprint density at radius 3 is 2.73 bits per heavy atom. The van der Waals surface area contributed by atoms with Gasteiger partial charge in [0.25, 0.3) is 0 Å². The second-order valence-electron chi connectivity index (χ2n) is 6.57. The van der Waals surface area contributed by atoms with Gasteiger partial charge in [-0.1, -0.05) is 47.6 Å². The summed E-state index contributed by atoms with van der Waals surface area (Å²) in [6, 6.07) is 13.3. The smallest absolute Gasteiger partial charge is 0.234 e. The summed E-state index contributed by atoms with van der Waals surface area (Å²) in [7, 11) is 1.64. The highest BCUT2D eigenvalue weighted by atomic mass is 35.5. The first-order valence-corrected chi connectivity index (χ1v) is 10.7. The molecule has 1 aromatic heterocycles. The lowest BCUT2D eigenvalue weighted by Gasteiger charge is -2.10. The van der Waals surface area contributed by atoms with Gasteiger partial charge in [0.15, 0.2) is 5.16 Å². The number of carbonyl (C=O) groups is 1. The zero-order valence-electron chi connectivity index (χ0n) is 16.9. The molecule has 1 N–H and O–H groups in total. The lowest BCUT2D eigenvalue weighted by molar-refractivity contribution is -0.113. The van der Waals surface area contributed by atoms with Crippen molar-refractivity contribution in [2.45, 2.75) is 25.0 Å². The van der Waals surface area contributed by atoms with Crippen LogP contribution < -0.4 is 10.1 Å². The molecule has 6 nitrogen and oxygen atoms in total. The maximum Gasteiger partial charge on any atom is 0.234 e. The van der Waals surface area contributed by atoms with Gasteiger partial charge < -0.3 is 14.6 Å². The van der Waals surface area contributed by atoms with Crippen molar-refractivity contribution in [1.29, 1.82) is 0 Å². The second-order valence-corrected chi connectivity index (χ2v) is 7.92. The van der Waals surface area contributed by atoms with Gasteiger partial charge in [-0.05, 0) is 42.3 Å². The molecule has 2 aromatic carbocycles. The Morgan fingerprint density at radius 1 is 1.27 bits per heavy atom. The molecule has 0 saturated carbocycles. The van der Waals surface area contributed by atoms with Crippen LogP contribution in [0.2, 0.25) is 5.02 Å². The van der Waals surface area contributed by atoms with Gasteiger partial charge in [-0.2, -0.15) is 0 Å². The molecule has 0 unspecified atom stereocenters. The average molecular weight is 443 g/mol. The van der Waals surface area contributed by atoms with E-state index in [1.54, 1.807) is 19.3 Å². The first kappa shape index (κ1) is 21.9. The summed E-state index contributed by atoms with van der Waals surface area (Å²) in [5.74, 6) is 1.71.